The van der Waals surface area contributed by atoms with Crippen LogP contribution in [0.25, 0.3) is 0 Å². The molecule has 0 fully saturated rings. The van der Waals surface area contributed by atoms with Crippen LogP contribution in [0, 0.1) is 17.1 Å². The van der Waals surface area contributed by atoms with E-state index in [0.29, 0.717) is 17.9 Å². The number of nitrogens with one attached hydrogen (secondary N) is 1. The molecular weight excluding hydrogens is 311 g/mol. The summed E-state index contributed by atoms with van der Waals surface area (Å²) < 4.78 is 19.0. The molecule has 24 heavy (non-hydrogen) atoms. The second-order valence-corrected chi connectivity index (χ2v) is 5.56. The molecule has 6 nitrogen and oxygen atoms in total. The van der Waals surface area contributed by atoms with E-state index in [2.05, 4.69) is 10.3 Å². The molecule has 1 N–H and O–H groups in total. The van der Waals surface area contributed by atoms with Crippen molar-refractivity contribution in [3.63, 3.8) is 0 Å². The third-order valence-corrected chi connectivity index (χ3v) is 3.65. The molecule has 2 rings (SSSR count). The zero-order valence-corrected chi connectivity index (χ0v) is 13.8. The fourth-order valence-corrected chi connectivity index (χ4v) is 2.15. The monoisotopic (exact) mass is 330 g/mol. The fourth-order valence-electron chi connectivity index (χ4n) is 2.15. The number of amides is 1. The molecule has 1 unspecified atom stereocenters. The Balaban J connectivity index is 2.12. The molecule has 0 saturated carbocycles. The van der Waals surface area contributed by atoms with Crippen LogP contribution < -0.4 is 5.32 Å². The van der Waals surface area contributed by atoms with Crippen LogP contribution in [0.5, 0.6) is 0 Å². The molecule has 0 spiro atoms. The van der Waals surface area contributed by atoms with E-state index in [0.717, 1.165) is 0 Å². The number of nitriles is 1. The Morgan fingerprint density at radius 3 is 2.96 bits per heavy atom. The van der Waals surface area contributed by atoms with Gasteiger partial charge < -0.3 is 9.64 Å². The average Bonchev–Trinajstić information content (AvgIpc) is 2.85. The van der Waals surface area contributed by atoms with Gasteiger partial charge in [-0.05, 0) is 24.6 Å². The highest BCUT2D eigenvalue weighted by Crippen LogP contribution is 2.13. The highest BCUT2D eigenvalue weighted by molar-refractivity contribution is 5.95. The second-order valence-electron chi connectivity index (χ2n) is 5.56. The van der Waals surface area contributed by atoms with Gasteiger partial charge in [0, 0.05) is 26.1 Å². The molecule has 0 aromatic heterocycles. The average molecular weight is 330 g/mol. The van der Waals surface area contributed by atoms with Crippen molar-refractivity contribution in [2.45, 2.75) is 26.5 Å². The SMILES string of the molecule is CC(=O)NC(=CC1=NCC(C)N1C)OCc1ccc(F)c(C#N)c1. The first kappa shape index (κ1) is 17.5. The summed E-state index contributed by atoms with van der Waals surface area (Å²) in [5.74, 6) is 0.121. The minimum absolute atomic E-state index is 0.0464. The number of halogens is 1. The predicted octanol–water partition coefficient (Wildman–Crippen LogP) is 1.92. The summed E-state index contributed by atoms with van der Waals surface area (Å²) in [5, 5.41) is 11.5. The molecule has 1 aliphatic heterocycles. The summed E-state index contributed by atoms with van der Waals surface area (Å²) in [6.45, 7) is 4.20. The number of amidine groups is 1. The fraction of sp³-hybridized carbons (Fsp3) is 0.353. The van der Waals surface area contributed by atoms with Crippen molar-refractivity contribution in [2.75, 3.05) is 13.6 Å². The molecule has 1 aliphatic rings. The van der Waals surface area contributed by atoms with Gasteiger partial charge in [0.05, 0.1) is 12.1 Å². The van der Waals surface area contributed by atoms with E-state index in [-0.39, 0.29) is 30.0 Å². The lowest BCUT2D eigenvalue weighted by molar-refractivity contribution is -0.119. The van der Waals surface area contributed by atoms with E-state index in [1.165, 1.54) is 25.1 Å². The largest absolute Gasteiger partial charge is 0.474 e. The molecule has 1 amide bonds. The van der Waals surface area contributed by atoms with Crippen LogP contribution in [-0.2, 0) is 16.1 Å². The maximum absolute atomic E-state index is 13.3. The first-order valence-electron chi connectivity index (χ1n) is 7.48. The molecule has 0 aliphatic carbocycles. The zero-order chi connectivity index (χ0) is 17.7. The van der Waals surface area contributed by atoms with Gasteiger partial charge in [-0.15, -0.1) is 0 Å². The number of carbonyl (C=O) groups is 1. The Morgan fingerprint density at radius 2 is 2.38 bits per heavy atom. The molecule has 0 radical (unpaired) electrons. The van der Waals surface area contributed by atoms with Gasteiger partial charge in [0.2, 0.25) is 5.91 Å². The van der Waals surface area contributed by atoms with Gasteiger partial charge in [0.15, 0.2) is 5.88 Å². The number of hydrogen-bond acceptors (Lipinski definition) is 5. The minimum atomic E-state index is -0.574. The summed E-state index contributed by atoms with van der Waals surface area (Å²) in [6.07, 6.45) is 1.65. The van der Waals surface area contributed by atoms with Crippen LogP contribution in [0.15, 0.2) is 35.2 Å². The van der Waals surface area contributed by atoms with Gasteiger partial charge in [-0.1, -0.05) is 6.07 Å². The summed E-state index contributed by atoms with van der Waals surface area (Å²) in [4.78, 5) is 17.7. The molecule has 126 valence electrons. The quantitative estimate of drug-likeness (QED) is 0.837. The first-order chi connectivity index (χ1) is 11.4. The number of aliphatic imine (C=N–C) groups is 1. The van der Waals surface area contributed by atoms with Gasteiger partial charge in [0.1, 0.15) is 24.3 Å². The van der Waals surface area contributed by atoms with Crippen molar-refractivity contribution in [3.8, 4) is 6.07 Å². The molecule has 7 heteroatoms. The van der Waals surface area contributed by atoms with Gasteiger partial charge >= 0.3 is 0 Å². The maximum atomic E-state index is 13.3. The summed E-state index contributed by atoms with van der Waals surface area (Å²) in [7, 11) is 1.91. The lowest BCUT2D eigenvalue weighted by Crippen LogP contribution is -2.31. The molecule has 0 saturated heterocycles. The molecule has 1 heterocycles. The smallest absolute Gasteiger partial charge is 0.223 e. The second kappa shape index (κ2) is 7.59. The first-order valence-corrected chi connectivity index (χ1v) is 7.48. The van der Waals surface area contributed by atoms with Crippen LogP contribution in [0.2, 0.25) is 0 Å². The lowest BCUT2D eigenvalue weighted by atomic mass is 10.1. The highest BCUT2D eigenvalue weighted by Gasteiger charge is 2.19. The van der Waals surface area contributed by atoms with Crippen LogP contribution in [-0.4, -0.2) is 36.3 Å². The van der Waals surface area contributed by atoms with Crippen molar-refractivity contribution in [3.05, 3.63) is 47.1 Å². The molecule has 1 atom stereocenters. The Labute approximate surface area is 140 Å². The minimum Gasteiger partial charge on any atom is -0.474 e. The number of nitrogens with zero attached hydrogens (tertiary/aromatic N) is 3. The van der Waals surface area contributed by atoms with Crippen molar-refractivity contribution >= 4 is 11.7 Å². The Bertz CT molecular complexity index is 737. The Hall–Kier alpha value is -2.88. The van der Waals surface area contributed by atoms with E-state index >= 15 is 0 Å². The van der Waals surface area contributed by atoms with Gasteiger partial charge in [-0.3, -0.25) is 15.1 Å². The number of hydrogen-bond donors (Lipinski definition) is 1. The van der Waals surface area contributed by atoms with Crippen molar-refractivity contribution in [1.82, 2.24) is 10.2 Å². The normalized spacial score (nSPS) is 17.3. The topological polar surface area (TPSA) is 77.7 Å². The van der Waals surface area contributed by atoms with Crippen LogP contribution in [0.3, 0.4) is 0 Å². The summed E-state index contributed by atoms with van der Waals surface area (Å²) in [5.41, 5.74) is 0.578. The van der Waals surface area contributed by atoms with E-state index in [9.17, 15) is 9.18 Å². The van der Waals surface area contributed by atoms with Crippen molar-refractivity contribution in [1.29, 1.82) is 5.26 Å². The van der Waals surface area contributed by atoms with Crippen LogP contribution >= 0.6 is 0 Å². The molecular formula is C17H19FN4O2. The predicted molar refractivity (Wildman–Crippen MR) is 87.3 cm³/mol. The van der Waals surface area contributed by atoms with Gasteiger partial charge in [-0.2, -0.15) is 5.26 Å². The van der Waals surface area contributed by atoms with Crippen LogP contribution in [0.1, 0.15) is 25.0 Å². The number of ether oxygens (including phenoxy) is 1. The number of carbonyl (C=O) groups excluding carboxylic acids is 1. The van der Waals surface area contributed by atoms with E-state index < -0.39 is 5.82 Å². The van der Waals surface area contributed by atoms with Crippen LogP contribution in [0.4, 0.5) is 4.39 Å². The number of benzene rings is 1. The summed E-state index contributed by atoms with van der Waals surface area (Å²) >= 11 is 0. The summed E-state index contributed by atoms with van der Waals surface area (Å²) in [6, 6.07) is 6.23. The maximum Gasteiger partial charge on any atom is 0.223 e. The molecule has 1 aromatic carbocycles. The highest BCUT2D eigenvalue weighted by atomic mass is 19.1. The Kier molecular flexibility index (Phi) is 5.53. The van der Waals surface area contributed by atoms with Crippen molar-refractivity contribution in [2.24, 2.45) is 4.99 Å². The number of rotatable bonds is 5. The molecule has 0 bridgehead atoms. The Morgan fingerprint density at radius 1 is 1.62 bits per heavy atom. The van der Waals surface area contributed by atoms with Crippen molar-refractivity contribution < 1.29 is 13.9 Å². The lowest BCUT2D eigenvalue weighted by Gasteiger charge is -2.18. The zero-order valence-electron chi connectivity index (χ0n) is 13.8. The van der Waals surface area contributed by atoms with Gasteiger partial charge in [-0.25, -0.2) is 4.39 Å². The number of likely N-dealkylation sites (N-methyl/N-ethyl adjacent to an activating group) is 1. The van der Waals surface area contributed by atoms with E-state index in [4.69, 9.17) is 10.00 Å². The van der Waals surface area contributed by atoms with E-state index in [1.54, 1.807) is 12.1 Å². The van der Waals surface area contributed by atoms with E-state index in [1.807, 2.05) is 18.9 Å². The van der Waals surface area contributed by atoms with Gasteiger partial charge in [0.25, 0.3) is 0 Å². The third kappa shape index (κ3) is 4.32. The third-order valence-electron chi connectivity index (χ3n) is 3.65. The standard InChI is InChI=1S/C17H19FN4O2/c1-11-9-20-16(22(11)3)7-17(21-12(2)23)24-10-13-4-5-15(18)14(6-13)8-19/h4-7,11H,9-10H2,1-3H3,(H,21,23). The molecule has 1 aromatic rings.